The number of aromatic nitrogens is 1. The lowest BCUT2D eigenvalue weighted by Gasteiger charge is -2.14. The van der Waals surface area contributed by atoms with Gasteiger partial charge in [-0.25, -0.2) is 4.98 Å². The normalized spacial score (nSPS) is 11.9. The minimum Gasteiger partial charge on any atom is -0.476 e. The minimum atomic E-state index is -0.825. The fraction of sp³-hybridized carbons (Fsp3) is 0.231. The molecule has 0 saturated carbocycles. The van der Waals surface area contributed by atoms with Crippen LogP contribution in [-0.2, 0) is 11.3 Å². The predicted molar refractivity (Wildman–Crippen MR) is 64.8 cm³/mol. The Morgan fingerprint density at radius 1 is 1.53 bits per heavy atom. The van der Waals surface area contributed by atoms with E-state index in [9.17, 15) is 9.18 Å². The Bertz CT molecular complexity index is 543. The number of halogens is 1. The zero-order valence-corrected chi connectivity index (χ0v) is 10.3. The van der Waals surface area contributed by atoms with Gasteiger partial charge in [0.15, 0.2) is 11.9 Å². The fourth-order valence-electron chi connectivity index (χ4n) is 1.43. The second-order valence-electron chi connectivity index (χ2n) is 3.85. The zero-order chi connectivity index (χ0) is 13.7. The van der Waals surface area contributed by atoms with Crippen LogP contribution in [0.3, 0.4) is 0 Å². The number of furan rings is 1. The molecule has 2 rings (SSSR count). The van der Waals surface area contributed by atoms with Crippen molar-refractivity contribution < 1.29 is 18.3 Å². The number of carbonyl (C=O) groups is 1. The van der Waals surface area contributed by atoms with E-state index in [1.807, 2.05) is 0 Å². The van der Waals surface area contributed by atoms with Gasteiger partial charge in [0.25, 0.3) is 11.9 Å². The van der Waals surface area contributed by atoms with Crippen molar-refractivity contribution in [2.24, 2.45) is 0 Å². The summed E-state index contributed by atoms with van der Waals surface area (Å²) in [5, 5.41) is 2.62. The molecule has 0 saturated heterocycles. The first kappa shape index (κ1) is 13.1. The molecule has 19 heavy (non-hydrogen) atoms. The van der Waals surface area contributed by atoms with E-state index in [2.05, 4.69) is 10.3 Å². The summed E-state index contributed by atoms with van der Waals surface area (Å²) in [5.74, 6) is -0.524. The minimum absolute atomic E-state index is 0.0526. The molecule has 100 valence electrons. The van der Waals surface area contributed by atoms with Crippen LogP contribution in [0.5, 0.6) is 5.75 Å². The molecule has 0 aliphatic heterocycles. The van der Waals surface area contributed by atoms with Gasteiger partial charge in [-0.1, -0.05) is 0 Å². The zero-order valence-electron chi connectivity index (χ0n) is 10.3. The van der Waals surface area contributed by atoms with Crippen LogP contribution >= 0.6 is 0 Å². The maximum absolute atomic E-state index is 13.2. The van der Waals surface area contributed by atoms with Gasteiger partial charge in [-0.05, 0) is 31.2 Å². The van der Waals surface area contributed by atoms with Crippen LogP contribution in [0.2, 0.25) is 0 Å². The van der Waals surface area contributed by atoms with Crippen LogP contribution in [0.15, 0.2) is 41.1 Å². The molecule has 2 heterocycles. The molecular weight excluding hydrogens is 251 g/mol. The number of ether oxygens (including phenoxy) is 1. The molecule has 2 aromatic rings. The van der Waals surface area contributed by atoms with E-state index >= 15 is 0 Å². The summed E-state index contributed by atoms with van der Waals surface area (Å²) in [5.41, 5.74) is 0. The number of rotatable bonds is 5. The van der Waals surface area contributed by atoms with Crippen LogP contribution in [0.4, 0.5) is 4.39 Å². The summed E-state index contributed by atoms with van der Waals surface area (Å²) in [7, 11) is 0. The lowest BCUT2D eigenvalue weighted by Crippen LogP contribution is -2.36. The van der Waals surface area contributed by atoms with Crippen LogP contribution in [0, 0.1) is 5.95 Å². The van der Waals surface area contributed by atoms with Crippen molar-refractivity contribution in [3.63, 3.8) is 0 Å². The number of amides is 1. The average molecular weight is 264 g/mol. The molecule has 0 aliphatic carbocycles. The highest BCUT2D eigenvalue weighted by Gasteiger charge is 2.16. The highest BCUT2D eigenvalue weighted by Crippen LogP contribution is 2.14. The van der Waals surface area contributed by atoms with Crippen molar-refractivity contribution in [3.05, 3.63) is 48.4 Å². The Labute approximate surface area is 109 Å². The lowest BCUT2D eigenvalue weighted by molar-refractivity contribution is -0.127. The van der Waals surface area contributed by atoms with Gasteiger partial charge in [0.05, 0.1) is 12.8 Å². The first-order valence-corrected chi connectivity index (χ1v) is 5.74. The third kappa shape index (κ3) is 3.54. The Morgan fingerprint density at radius 3 is 3.05 bits per heavy atom. The van der Waals surface area contributed by atoms with E-state index in [0.29, 0.717) is 5.76 Å². The largest absolute Gasteiger partial charge is 0.476 e. The summed E-state index contributed by atoms with van der Waals surface area (Å²) in [6.07, 6.45) is 2.00. The van der Waals surface area contributed by atoms with Crippen molar-refractivity contribution in [2.45, 2.75) is 19.6 Å². The molecule has 0 aliphatic rings. The van der Waals surface area contributed by atoms with E-state index in [1.165, 1.54) is 31.5 Å². The molecule has 0 spiro atoms. The second-order valence-corrected chi connectivity index (χ2v) is 3.85. The van der Waals surface area contributed by atoms with Crippen molar-refractivity contribution >= 4 is 5.91 Å². The van der Waals surface area contributed by atoms with Gasteiger partial charge < -0.3 is 14.5 Å². The maximum atomic E-state index is 13.2. The number of nitrogens with one attached hydrogen (secondary N) is 1. The molecule has 6 heteroatoms. The fourth-order valence-corrected chi connectivity index (χ4v) is 1.43. The second kappa shape index (κ2) is 5.99. The van der Waals surface area contributed by atoms with Crippen molar-refractivity contribution in [2.75, 3.05) is 0 Å². The summed E-state index contributed by atoms with van der Waals surface area (Å²) >= 11 is 0. The predicted octanol–water partition coefficient (Wildman–Crippen LogP) is 1.90. The number of carbonyl (C=O) groups excluding carboxylic acids is 1. The number of nitrogens with zero attached hydrogens (tertiary/aromatic N) is 1. The van der Waals surface area contributed by atoms with E-state index < -0.39 is 12.1 Å². The molecule has 0 fully saturated rings. The number of hydrogen-bond donors (Lipinski definition) is 1. The molecule has 2 aromatic heterocycles. The molecule has 0 bridgehead atoms. The van der Waals surface area contributed by atoms with Gasteiger partial charge in [0, 0.05) is 6.20 Å². The van der Waals surface area contributed by atoms with E-state index in [0.717, 1.165) is 0 Å². The van der Waals surface area contributed by atoms with E-state index in [-0.39, 0.29) is 18.2 Å². The van der Waals surface area contributed by atoms with Gasteiger partial charge in [-0.3, -0.25) is 4.79 Å². The van der Waals surface area contributed by atoms with Crippen LogP contribution in [0.1, 0.15) is 12.7 Å². The average Bonchev–Trinajstić information content (AvgIpc) is 2.91. The van der Waals surface area contributed by atoms with Crippen LogP contribution in [0.25, 0.3) is 0 Å². The number of pyridine rings is 1. The maximum Gasteiger partial charge on any atom is 0.261 e. The topological polar surface area (TPSA) is 64.4 Å². The highest BCUT2D eigenvalue weighted by molar-refractivity contribution is 5.80. The summed E-state index contributed by atoms with van der Waals surface area (Å²) in [6, 6.07) is 6.42. The summed E-state index contributed by atoms with van der Waals surface area (Å²) in [4.78, 5) is 15.2. The monoisotopic (exact) mass is 264 g/mol. The SMILES string of the molecule is CC(Oc1cccnc1F)C(=O)NCc1ccco1. The Hall–Kier alpha value is -2.37. The van der Waals surface area contributed by atoms with Crippen molar-refractivity contribution in [1.82, 2.24) is 10.3 Å². The highest BCUT2D eigenvalue weighted by atomic mass is 19.1. The van der Waals surface area contributed by atoms with Gasteiger partial charge >= 0.3 is 0 Å². The summed E-state index contributed by atoms with van der Waals surface area (Å²) in [6.45, 7) is 1.79. The van der Waals surface area contributed by atoms with Crippen molar-refractivity contribution in [3.8, 4) is 5.75 Å². The van der Waals surface area contributed by atoms with E-state index in [4.69, 9.17) is 9.15 Å². The molecule has 5 nitrogen and oxygen atoms in total. The van der Waals surface area contributed by atoms with E-state index in [1.54, 1.807) is 12.1 Å². The smallest absolute Gasteiger partial charge is 0.261 e. The molecule has 0 aromatic carbocycles. The molecular formula is C13H13FN2O3. The Kier molecular flexibility index (Phi) is 4.12. The van der Waals surface area contributed by atoms with Crippen molar-refractivity contribution in [1.29, 1.82) is 0 Å². The molecule has 1 unspecified atom stereocenters. The molecule has 1 amide bonds. The molecule has 1 N–H and O–H groups in total. The summed E-state index contributed by atoms with van der Waals surface area (Å²) < 4.78 is 23.5. The Balaban J connectivity index is 1.87. The molecule has 1 atom stereocenters. The first-order valence-electron chi connectivity index (χ1n) is 5.74. The Morgan fingerprint density at radius 2 is 2.37 bits per heavy atom. The quantitative estimate of drug-likeness (QED) is 0.838. The van der Waals surface area contributed by atoms with Crippen LogP contribution in [-0.4, -0.2) is 17.0 Å². The first-order chi connectivity index (χ1) is 9.16. The van der Waals surface area contributed by atoms with Gasteiger partial charge in [0.1, 0.15) is 5.76 Å². The standard InChI is InChI=1S/C13H13FN2O3/c1-9(19-11-5-2-6-15-12(11)14)13(17)16-8-10-4-3-7-18-10/h2-7,9H,8H2,1H3,(H,16,17). The van der Waals surface area contributed by atoms with Gasteiger partial charge in [0.2, 0.25) is 0 Å². The third-order valence-electron chi connectivity index (χ3n) is 2.41. The van der Waals surface area contributed by atoms with Crippen LogP contribution < -0.4 is 10.1 Å². The molecule has 0 radical (unpaired) electrons. The van der Waals surface area contributed by atoms with Gasteiger partial charge in [-0.15, -0.1) is 0 Å². The number of hydrogen-bond acceptors (Lipinski definition) is 4. The van der Waals surface area contributed by atoms with Gasteiger partial charge in [-0.2, -0.15) is 4.39 Å². The lowest BCUT2D eigenvalue weighted by atomic mass is 10.3. The third-order valence-corrected chi connectivity index (χ3v) is 2.41.